The third-order valence-electron chi connectivity index (χ3n) is 5.01. The van der Waals surface area contributed by atoms with Crippen molar-refractivity contribution in [2.24, 2.45) is 4.99 Å². The summed E-state index contributed by atoms with van der Waals surface area (Å²) in [6, 6.07) is 11.8. The lowest BCUT2D eigenvalue weighted by Gasteiger charge is -2.20. The van der Waals surface area contributed by atoms with E-state index >= 15 is 0 Å². The summed E-state index contributed by atoms with van der Waals surface area (Å²) in [6.07, 6.45) is 1.01. The van der Waals surface area contributed by atoms with Crippen molar-refractivity contribution in [3.63, 3.8) is 0 Å². The first-order valence-electron chi connectivity index (χ1n) is 10.0. The van der Waals surface area contributed by atoms with Crippen LogP contribution < -0.4 is 25.0 Å². The number of halogens is 2. The lowest BCUT2D eigenvalue weighted by Crippen LogP contribution is -2.44. The number of aromatic hydroxyl groups is 1. The first-order valence-corrected chi connectivity index (χ1v) is 10.4. The van der Waals surface area contributed by atoms with Gasteiger partial charge in [-0.05, 0) is 49.2 Å². The van der Waals surface area contributed by atoms with Crippen molar-refractivity contribution in [2.45, 2.75) is 25.9 Å². The summed E-state index contributed by atoms with van der Waals surface area (Å²) in [7, 11) is 3.03. The number of phenols is 1. The Hall–Kier alpha value is -2.07. The van der Waals surface area contributed by atoms with Crippen LogP contribution in [0.5, 0.6) is 17.2 Å². The largest absolute Gasteiger partial charge is 0.502 e. The fraction of sp³-hybridized carbons (Fsp3) is 0.409. The van der Waals surface area contributed by atoms with Gasteiger partial charge in [0.25, 0.3) is 0 Å². The molecule has 31 heavy (non-hydrogen) atoms. The van der Waals surface area contributed by atoms with Crippen LogP contribution >= 0.6 is 35.6 Å². The van der Waals surface area contributed by atoms with Gasteiger partial charge in [0.1, 0.15) is 0 Å². The second-order valence-corrected chi connectivity index (χ2v) is 7.54. The molecule has 0 amide bonds. The number of anilines is 1. The van der Waals surface area contributed by atoms with Crippen molar-refractivity contribution >= 4 is 47.2 Å². The predicted octanol–water partition coefficient (Wildman–Crippen LogP) is 4.01. The second kappa shape index (κ2) is 12.1. The molecule has 1 aliphatic heterocycles. The van der Waals surface area contributed by atoms with Gasteiger partial charge in [0.15, 0.2) is 17.5 Å². The molecule has 3 rings (SSSR count). The lowest BCUT2D eigenvalue weighted by molar-refractivity contribution is 0.339. The van der Waals surface area contributed by atoms with Crippen molar-refractivity contribution in [2.75, 3.05) is 38.8 Å². The molecular formula is C22H30ClIN4O3. The Morgan fingerprint density at radius 1 is 1.23 bits per heavy atom. The monoisotopic (exact) mass is 560 g/mol. The van der Waals surface area contributed by atoms with Crippen LogP contribution in [-0.4, -0.2) is 51.0 Å². The fourth-order valence-electron chi connectivity index (χ4n) is 3.51. The van der Waals surface area contributed by atoms with Gasteiger partial charge in [-0.3, -0.25) is 0 Å². The van der Waals surface area contributed by atoms with Crippen LogP contribution in [0.25, 0.3) is 0 Å². The minimum atomic E-state index is -0.00942. The van der Waals surface area contributed by atoms with Crippen LogP contribution in [0.1, 0.15) is 18.9 Å². The molecule has 0 bridgehead atoms. The van der Waals surface area contributed by atoms with Gasteiger partial charge < -0.3 is 30.1 Å². The van der Waals surface area contributed by atoms with Crippen LogP contribution in [0.4, 0.5) is 5.69 Å². The van der Waals surface area contributed by atoms with E-state index in [0.717, 1.165) is 48.3 Å². The predicted molar refractivity (Wildman–Crippen MR) is 137 cm³/mol. The number of hydrogen-bond acceptors (Lipinski definition) is 5. The van der Waals surface area contributed by atoms with Gasteiger partial charge in [-0.2, -0.15) is 0 Å². The first kappa shape index (κ1) is 25.2. The molecule has 1 fully saturated rings. The third kappa shape index (κ3) is 6.70. The molecule has 170 valence electrons. The maximum Gasteiger partial charge on any atom is 0.200 e. The summed E-state index contributed by atoms with van der Waals surface area (Å²) in [6.45, 7) is 5.07. The Labute approximate surface area is 205 Å². The number of aliphatic imine (C=N–C) groups is 1. The van der Waals surface area contributed by atoms with E-state index in [1.165, 1.54) is 14.2 Å². The first-order chi connectivity index (χ1) is 14.5. The number of benzene rings is 2. The highest BCUT2D eigenvalue weighted by molar-refractivity contribution is 14.0. The molecular weight excluding hydrogens is 531 g/mol. The smallest absolute Gasteiger partial charge is 0.200 e. The zero-order valence-electron chi connectivity index (χ0n) is 18.0. The third-order valence-corrected chi connectivity index (χ3v) is 5.24. The van der Waals surface area contributed by atoms with Gasteiger partial charge in [-0.25, -0.2) is 4.99 Å². The number of methoxy groups -OCH3 is 2. The van der Waals surface area contributed by atoms with E-state index in [2.05, 4.69) is 21.6 Å². The van der Waals surface area contributed by atoms with Crippen LogP contribution in [0.2, 0.25) is 5.02 Å². The molecule has 7 nitrogen and oxygen atoms in total. The summed E-state index contributed by atoms with van der Waals surface area (Å²) in [5, 5.41) is 17.6. The molecule has 0 aromatic heterocycles. The molecule has 3 N–H and O–H groups in total. The number of phenolic OH excluding ortho intramolecular Hbond substituents is 1. The zero-order chi connectivity index (χ0) is 21.5. The molecule has 0 saturated carbocycles. The van der Waals surface area contributed by atoms with Crippen LogP contribution in [0, 0.1) is 0 Å². The van der Waals surface area contributed by atoms with E-state index in [9.17, 15) is 5.11 Å². The van der Waals surface area contributed by atoms with Crippen molar-refractivity contribution in [1.82, 2.24) is 10.6 Å². The van der Waals surface area contributed by atoms with E-state index < -0.39 is 0 Å². The molecule has 2 aromatic rings. The maximum absolute atomic E-state index is 10.1. The van der Waals surface area contributed by atoms with Gasteiger partial charge in [-0.15, -0.1) is 24.0 Å². The molecule has 1 heterocycles. The topological polar surface area (TPSA) is 78.4 Å². The average molecular weight is 561 g/mol. The molecule has 0 spiro atoms. The molecule has 1 atom stereocenters. The highest BCUT2D eigenvalue weighted by atomic mass is 127. The number of rotatable bonds is 7. The summed E-state index contributed by atoms with van der Waals surface area (Å²) in [5.41, 5.74) is 2.02. The SMILES string of the molecule is CCNC(=NCc1cc(OC)c(O)c(OC)c1)NC1CCN(c2cccc(Cl)c2)C1.I. The van der Waals surface area contributed by atoms with E-state index in [4.69, 9.17) is 26.1 Å². The summed E-state index contributed by atoms with van der Waals surface area (Å²) in [4.78, 5) is 7.02. The van der Waals surface area contributed by atoms with Crippen LogP contribution in [0.15, 0.2) is 41.4 Å². The fourth-order valence-corrected chi connectivity index (χ4v) is 3.69. The number of ether oxygens (including phenoxy) is 2. The molecule has 0 radical (unpaired) electrons. The minimum Gasteiger partial charge on any atom is -0.502 e. The van der Waals surface area contributed by atoms with Gasteiger partial charge >= 0.3 is 0 Å². The highest BCUT2D eigenvalue weighted by Gasteiger charge is 2.23. The quantitative estimate of drug-likeness (QED) is 0.270. The summed E-state index contributed by atoms with van der Waals surface area (Å²) < 4.78 is 10.5. The van der Waals surface area contributed by atoms with E-state index in [1.807, 2.05) is 25.1 Å². The van der Waals surface area contributed by atoms with Gasteiger partial charge in [0, 0.05) is 36.4 Å². The van der Waals surface area contributed by atoms with Gasteiger partial charge in [0.2, 0.25) is 5.75 Å². The molecule has 9 heteroatoms. The van der Waals surface area contributed by atoms with Crippen LogP contribution in [0.3, 0.4) is 0 Å². The zero-order valence-corrected chi connectivity index (χ0v) is 21.1. The Bertz CT molecular complexity index is 872. The number of nitrogens with one attached hydrogen (secondary N) is 2. The Morgan fingerprint density at radius 2 is 1.94 bits per heavy atom. The van der Waals surface area contributed by atoms with E-state index in [1.54, 1.807) is 12.1 Å². The standard InChI is InChI=1S/C22H29ClN4O3.HI/c1-4-24-22(25-13-15-10-19(29-2)21(28)20(11-15)30-3)26-17-8-9-27(14-17)18-7-5-6-16(23)12-18;/h5-7,10-12,17,28H,4,8-9,13-14H2,1-3H3,(H2,24,25,26);1H. The molecule has 0 aliphatic carbocycles. The summed E-state index contributed by atoms with van der Waals surface area (Å²) in [5.74, 6) is 1.47. The molecule has 1 unspecified atom stereocenters. The van der Waals surface area contributed by atoms with Gasteiger partial charge in [0.05, 0.1) is 20.8 Å². The Kier molecular flexibility index (Phi) is 9.83. The van der Waals surface area contributed by atoms with Crippen LogP contribution in [-0.2, 0) is 6.54 Å². The van der Waals surface area contributed by atoms with Crippen molar-refractivity contribution < 1.29 is 14.6 Å². The molecule has 1 aliphatic rings. The Morgan fingerprint density at radius 3 is 2.55 bits per heavy atom. The number of nitrogens with zero attached hydrogens (tertiary/aromatic N) is 2. The average Bonchev–Trinajstić information content (AvgIpc) is 3.21. The number of hydrogen-bond donors (Lipinski definition) is 3. The van der Waals surface area contributed by atoms with E-state index in [-0.39, 0.29) is 35.8 Å². The minimum absolute atomic E-state index is 0. The number of guanidine groups is 1. The Balaban J connectivity index is 0.00000341. The molecule has 1 saturated heterocycles. The normalized spacial score (nSPS) is 15.9. The van der Waals surface area contributed by atoms with Gasteiger partial charge in [-0.1, -0.05) is 17.7 Å². The summed E-state index contributed by atoms with van der Waals surface area (Å²) >= 11 is 6.13. The second-order valence-electron chi connectivity index (χ2n) is 7.10. The van der Waals surface area contributed by atoms with Crippen molar-refractivity contribution in [3.8, 4) is 17.2 Å². The van der Waals surface area contributed by atoms with Crippen molar-refractivity contribution in [3.05, 3.63) is 47.0 Å². The van der Waals surface area contributed by atoms with E-state index in [0.29, 0.717) is 18.0 Å². The lowest BCUT2D eigenvalue weighted by atomic mass is 10.2. The molecule has 2 aromatic carbocycles. The highest BCUT2D eigenvalue weighted by Crippen LogP contribution is 2.37. The van der Waals surface area contributed by atoms with Crippen molar-refractivity contribution in [1.29, 1.82) is 0 Å². The maximum atomic E-state index is 10.1.